The van der Waals surface area contributed by atoms with Crippen molar-refractivity contribution in [3.8, 4) is 11.5 Å². The second-order valence-electron chi connectivity index (χ2n) is 3.28. The quantitative estimate of drug-likeness (QED) is 0.804. The number of carbonyl (C=O) groups is 1. The first-order chi connectivity index (χ1) is 7.51. The maximum absolute atomic E-state index is 10.7. The molecule has 0 aliphatic carbocycles. The van der Waals surface area contributed by atoms with Crippen molar-refractivity contribution in [3.05, 3.63) is 23.3 Å². The smallest absolute Gasteiger partial charge is 0.337 e. The zero-order chi connectivity index (χ0) is 12.3. The van der Waals surface area contributed by atoms with E-state index in [2.05, 4.69) is 0 Å². The van der Waals surface area contributed by atoms with Gasteiger partial charge in [-0.05, 0) is 18.6 Å². The first kappa shape index (κ1) is 12.3. The fraction of sp³-hybridized carbons (Fsp3) is 0.364. The SMILES string of the molecule is COc1cc(OC)c(C)c(C(O)C(=O)O)c1. The number of aliphatic hydroxyl groups excluding tert-OH is 1. The Bertz CT molecular complexity index is 400. The monoisotopic (exact) mass is 226 g/mol. The molecule has 0 heterocycles. The summed E-state index contributed by atoms with van der Waals surface area (Å²) in [4.78, 5) is 10.7. The summed E-state index contributed by atoms with van der Waals surface area (Å²) in [6, 6.07) is 3.12. The Morgan fingerprint density at radius 2 is 1.94 bits per heavy atom. The van der Waals surface area contributed by atoms with Crippen molar-refractivity contribution in [1.82, 2.24) is 0 Å². The molecule has 88 valence electrons. The van der Waals surface area contributed by atoms with E-state index in [-0.39, 0.29) is 5.56 Å². The number of aliphatic carboxylic acids is 1. The molecule has 0 amide bonds. The van der Waals surface area contributed by atoms with Gasteiger partial charge in [-0.15, -0.1) is 0 Å². The zero-order valence-electron chi connectivity index (χ0n) is 9.35. The number of carboxylic acids is 1. The van der Waals surface area contributed by atoms with Gasteiger partial charge in [0.05, 0.1) is 14.2 Å². The van der Waals surface area contributed by atoms with Crippen molar-refractivity contribution >= 4 is 5.97 Å². The largest absolute Gasteiger partial charge is 0.497 e. The van der Waals surface area contributed by atoms with Crippen LogP contribution in [0.2, 0.25) is 0 Å². The molecule has 0 bridgehead atoms. The van der Waals surface area contributed by atoms with Gasteiger partial charge < -0.3 is 19.7 Å². The summed E-state index contributed by atoms with van der Waals surface area (Å²) in [6.45, 7) is 1.68. The van der Waals surface area contributed by atoms with Crippen molar-refractivity contribution in [2.75, 3.05) is 14.2 Å². The molecular weight excluding hydrogens is 212 g/mol. The van der Waals surface area contributed by atoms with Gasteiger partial charge in [-0.25, -0.2) is 4.79 Å². The van der Waals surface area contributed by atoms with Gasteiger partial charge in [-0.1, -0.05) is 0 Å². The summed E-state index contributed by atoms with van der Waals surface area (Å²) in [5, 5.41) is 18.3. The van der Waals surface area contributed by atoms with Crippen molar-refractivity contribution in [2.24, 2.45) is 0 Å². The number of benzene rings is 1. The lowest BCUT2D eigenvalue weighted by Crippen LogP contribution is -2.12. The van der Waals surface area contributed by atoms with E-state index in [0.717, 1.165) is 0 Å². The van der Waals surface area contributed by atoms with Crippen LogP contribution >= 0.6 is 0 Å². The van der Waals surface area contributed by atoms with Gasteiger partial charge in [0.25, 0.3) is 0 Å². The number of aliphatic hydroxyl groups is 1. The summed E-state index contributed by atoms with van der Waals surface area (Å²) in [6.07, 6.45) is -1.58. The molecule has 2 N–H and O–H groups in total. The van der Waals surface area contributed by atoms with Crippen LogP contribution in [-0.4, -0.2) is 30.4 Å². The highest BCUT2D eigenvalue weighted by Crippen LogP contribution is 2.31. The average molecular weight is 226 g/mol. The molecular formula is C11H14O5. The fourth-order valence-electron chi connectivity index (χ4n) is 1.43. The Morgan fingerprint density at radius 3 is 2.38 bits per heavy atom. The van der Waals surface area contributed by atoms with Gasteiger partial charge in [0.15, 0.2) is 6.10 Å². The van der Waals surface area contributed by atoms with Crippen LogP contribution in [0.3, 0.4) is 0 Å². The normalized spacial score (nSPS) is 12.0. The Kier molecular flexibility index (Phi) is 3.73. The van der Waals surface area contributed by atoms with Gasteiger partial charge >= 0.3 is 5.97 Å². The molecule has 0 aliphatic rings. The minimum absolute atomic E-state index is 0.267. The van der Waals surface area contributed by atoms with E-state index in [1.54, 1.807) is 13.0 Å². The predicted octanol–water partition coefficient (Wildman–Crippen LogP) is 1.13. The van der Waals surface area contributed by atoms with Crippen LogP contribution in [0.25, 0.3) is 0 Å². The molecule has 1 unspecified atom stereocenters. The highest BCUT2D eigenvalue weighted by molar-refractivity contribution is 5.75. The average Bonchev–Trinajstić information content (AvgIpc) is 2.28. The third-order valence-corrected chi connectivity index (χ3v) is 2.36. The Labute approximate surface area is 93.2 Å². The number of hydrogen-bond acceptors (Lipinski definition) is 4. The summed E-state index contributed by atoms with van der Waals surface area (Å²) in [5.41, 5.74) is 0.849. The van der Waals surface area contributed by atoms with Gasteiger partial charge in [-0.2, -0.15) is 0 Å². The molecule has 1 aromatic rings. The number of ether oxygens (including phenoxy) is 2. The van der Waals surface area contributed by atoms with Gasteiger partial charge in [0.2, 0.25) is 0 Å². The number of carboxylic acid groups (broad SMARTS) is 1. The van der Waals surface area contributed by atoms with Gasteiger partial charge in [0, 0.05) is 11.6 Å². The molecule has 5 heteroatoms. The highest BCUT2D eigenvalue weighted by atomic mass is 16.5. The van der Waals surface area contributed by atoms with Crippen LogP contribution in [0.15, 0.2) is 12.1 Å². The summed E-state index contributed by atoms with van der Waals surface area (Å²) in [5.74, 6) is -0.384. The highest BCUT2D eigenvalue weighted by Gasteiger charge is 2.21. The van der Waals surface area contributed by atoms with E-state index in [4.69, 9.17) is 14.6 Å². The van der Waals surface area contributed by atoms with E-state index in [9.17, 15) is 9.90 Å². The zero-order valence-corrected chi connectivity index (χ0v) is 9.35. The topological polar surface area (TPSA) is 76.0 Å². The second-order valence-corrected chi connectivity index (χ2v) is 3.28. The fourth-order valence-corrected chi connectivity index (χ4v) is 1.43. The molecule has 0 saturated heterocycles. The van der Waals surface area contributed by atoms with Crippen molar-refractivity contribution in [3.63, 3.8) is 0 Å². The van der Waals surface area contributed by atoms with Crippen LogP contribution in [-0.2, 0) is 4.79 Å². The van der Waals surface area contributed by atoms with E-state index < -0.39 is 12.1 Å². The molecule has 0 aromatic heterocycles. The molecule has 1 atom stereocenters. The maximum atomic E-state index is 10.7. The molecule has 0 radical (unpaired) electrons. The minimum Gasteiger partial charge on any atom is -0.497 e. The third-order valence-electron chi connectivity index (χ3n) is 2.36. The maximum Gasteiger partial charge on any atom is 0.337 e. The van der Waals surface area contributed by atoms with Crippen LogP contribution in [0, 0.1) is 6.92 Å². The van der Waals surface area contributed by atoms with E-state index in [1.165, 1.54) is 20.3 Å². The lowest BCUT2D eigenvalue weighted by atomic mass is 10.0. The first-order valence-corrected chi connectivity index (χ1v) is 4.64. The second kappa shape index (κ2) is 4.85. The lowest BCUT2D eigenvalue weighted by molar-refractivity contribution is -0.147. The third kappa shape index (κ3) is 2.25. The van der Waals surface area contributed by atoms with Crippen LogP contribution in [0.5, 0.6) is 11.5 Å². The van der Waals surface area contributed by atoms with E-state index >= 15 is 0 Å². The first-order valence-electron chi connectivity index (χ1n) is 4.64. The number of methoxy groups -OCH3 is 2. The predicted molar refractivity (Wildman–Crippen MR) is 56.9 cm³/mol. The molecule has 0 spiro atoms. The molecule has 1 rings (SSSR count). The summed E-state index contributed by atoms with van der Waals surface area (Å²) in [7, 11) is 2.93. The van der Waals surface area contributed by atoms with Gasteiger partial charge in [-0.3, -0.25) is 0 Å². The molecule has 16 heavy (non-hydrogen) atoms. The van der Waals surface area contributed by atoms with Gasteiger partial charge in [0.1, 0.15) is 11.5 Å². The minimum atomic E-state index is -1.58. The van der Waals surface area contributed by atoms with Crippen LogP contribution in [0.4, 0.5) is 0 Å². The van der Waals surface area contributed by atoms with Crippen molar-refractivity contribution < 1.29 is 24.5 Å². The molecule has 0 fully saturated rings. The molecule has 1 aromatic carbocycles. The van der Waals surface area contributed by atoms with Crippen molar-refractivity contribution in [1.29, 1.82) is 0 Å². The standard InChI is InChI=1S/C11H14O5/c1-6-8(10(12)11(13)14)4-7(15-2)5-9(6)16-3/h4-5,10,12H,1-3H3,(H,13,14). The summed E-state index contributed by atoms with van der Waals surface area (Å²) >= 11 is 0. The molecule has 0 saturated carbocycles. The van der Waals surface area contributed by atoms with E-state index in [0.29, 0.717) is 17.1 Å². The molecule has 0 aliphatic heterocycles. The summed E-state index contributed by atoms with van der Waals surface area (Å²) < 4.78 is 10.1. The van der Waals surface area contributed by atoms with E-state index in [1.807, 2.05) is 0 Å². The number of rotatable bonds is 4. The number of hydrogen-bond donors (Lipinski definition) is 2. The lowest BCUT2D eigenvalue weighted by Gasteiger charge is -2.14. The Morgan fingerprint density at radius 1 is 1.31 bits per heavy atom. The van der Waals surface area contributed by atoms with Crippen LogP contribution in [0.1, 0.15) is 17.2 Å². The Balaban J connectivity index is 3.31. The van der Waals surface area contributed by atoms with Crippen LogP contribution < -0.4 is 9.47 Å². The van der Waals surface area contributed by atoms with Crippen molar-refractivity contribution in [2.45, 2.75) is 13.0 Å². The molecule has 5 nitrogen and oxygen atoms in total. The Hall–Kier alpha value is -1.75.